The number of carbonyl (C=O) groups is 2. The number of hydrogen-bond donors (Lipinski definition) is 2. The van der Waals surface area contributed by atoms with Gasteiger partial charge in [-0.3, -0.25) is 9.59 Å². The fourth-order valence-electron chi connectivity index (χ4n) is 3.54. The maximum absolute atomic E-state index is 14.4. The van der Waals surface area contributed by atoms with Crippen molar-refractivity contribution in [3.8, 4) is 0 Å². The van der Waals surface area contributed by atoms with Crippen molar-refractivity contribution in [1.82, 2.24) is 9.62 Å². The van der Waals surface area contributed by atoms with E-state index in [1.54, 1.807) is 31.2 Å². The van der Waals surface area contributed by atoms with Gasteiger partial charge in [0.2, 0.25) is 15.9 Å². The van der Waals surface area contributed by atoms with Gasteiger partial charge in [-0.1, -0.05) is 18.6 Å². The molecule has 1 saturated heterocycles. The number of carbonyl (C=O) groups excluding carboxylic acids is 2. The summed E-state index contributed by atoms with van der Waals surface area (Å²) in [5.74, 6) is -1.60. The highest BCUT2D eigenvalue weighted by molar-refractivity contribution is 7.89. The Balaban J connectivity index is 1.79. The molecule has 7 nitrogen and oxygen atoms in total. The highest BCUT2D eigenvalue weighted by Crippen LogP contribution is 2.24. The van der Waals surface area contributed by atoms with Gasteiger partial charge in [0.05, 0.1) is 6.04 Å². The third-order valence-electron chi connectivity index (χ3n) is 5.18. The second kappa shape index (κ2) is 9.57. The molecule has 0 aliphatic carbocycles. The van der Waals surface area contributed by atoms with E-state index in [4.69, 9.17) is 0 Å². The van der Waals surface area contributed by atoms with Crippen LogP contribution in [-0.4, -0.2) is 37.6 Å². The standard InChI is InChI=1S/C22H26FN3O4S/c1-15(17-7-6-8-19(13-17)25-16(2)27)24-22(28)18-9-10-20(23)21(14-18)31(29,30)26-11-4-3-5-12-26/h6-10,13-15H,3-5,11-12H2,1-2H3,(H,24,28)(H,25,27). The Morgan fingerprint density at radius 1 is 1.06 bits per heavy atom. The lowest BCUT2D eigenvalue weighted by Gasteiger charge is -2.26. The van der Waals surface area contributed by atoms with Gasteiger partial charge in [-0.25, -0.2) is 12.8 Å². The summed E-state index contributed by atoms with van der Waals surface area (Å²) in [6.07, 6.45) is 2.41. The van der Waals surface area contributed by atoms with Gasteiger partial charge in [0.25, 0.3) is 5.91 Å². The molecule has 1 aliphatic rings. The maximum atomic E-state index is 14.4. The Labute approximate surface area is 181 Å². The fraction of sp³-hybridized carbons (Fsp3) is 0.364. The molecule has 1 aliphatic heterocycles. The van der Waals surface area contributed by atoms with Crippen LogP contribution in [0.15, 0.2) is 47.4 Å². The van der Waals surface area contributed by atoms with E-state index in [0.717, 1.165) is 37.0 Å². The van der Waals surface area contributed by atoms with Crippen LogP contribution in [0.1, 0.15) is 55.1 Å². The molecule has 1 fully saturated rings. The van der Waals surface area contributed by atoms with Crippen molar-refractivity contribution < 1.29 is 22.4 Å². The third kappa shape index (κ3) is 5.48. The zero-order chi connectivity index (χ0) is 22.6. The lowest BCUT2D eigenvalue weighted by Crippen LogP contribution is -2.36. The SMILES string of the molecule is CC(=O)Nc1cccc(C(C)NC(=O)c2ccc(F)c(S(=O)(=O)N3CCCCC3)c2)c1. The summed E-state index contributed by atoms with van der Waals surface area (Å²) in [7, 11) is -4.01. The monoisotopic (exact) mass is 447 g/mol. The van der Waals surface area contributed by atoms with Crippen LogP contribution in [0.3, 0.4) is 0 Å². The summed E-state index contributed by atoms with van der Waals surface area (Å²) in [5, 5.41) is 5.47. The highest BCUT2D eigenvalue weighted by atomic mass is 32.2. The fourth-order valence-corrected chi connectivity index (χ4v) is 5.15. The van der Waals surface area contributed by atoms with E-state index in [2.05, 4.69) is 10.6 Å². The predicted molar refractivity (Wildman–Crippen MR) is 116 cm³/mol. The van der Waals surface area contributed by atoms with Crippen molar-refractivity contribution in [3.63, 3.8) is 0 Å². The zero-order valence-electron chi connectivity index (χ0n) is 17.5. The van der Waals surface area contributed by atoms with E-state index in [-0.39, 0.29) is 11.5 Å². The van der Waals surface area contributed by atoms with Gasteiger partial charge in [-0.15, -0.1) is 0 Å². The smallest absolute Gasteiger partial charge is 0.251 e. The third-order valence-corrected chi connectivity index (χ3v) is 7.09. The molecular weight excluding hydrogens is 421 g/mol. The Morgan fingerprint density at radius 2 is 1.77 bits per heavy atom. The van der Waals surface area contributed by atoms with E-state index in [1.807, 2.05) is 0 Å². The molecule has 166 valence electrons. The number of sulfonamides is 1. The maximum Gasteiger partial charge on any atom is 0.251 e. The average molecular weight is 448 g/mol. The molecule has 2 amide bonds. The molecule has 9 heteroatoms. The van der Waals surface area contributed by atoms with Crippen LogP contribution in [0.5, 0.6) is 0 Å². The van der Waals surface area contributed by atoms with E-state index < -0.39 is 32.7 Å². The second-order valence-electron chi connectivity index (χ2n) is 7.61. The molecule has 0 bridgehead atoms. The molecule has 0 aromatic heterocycles. The molecule has 2 aromatic rings. The normalized spacial score (nSPS) is 15.8. The van der Waals surface area contributed by atoms with Crippen molar-refractivity contribution in [1.29, 1.82) is 0 Å². The first-order valence-electron chi connectivity index (χ1n) is 10.2. The van der Waals surface area contributed by atoms with Crippen molar-refractivity contribution in [2.24, 2.45) is 0 Å². The number of hydrogen-bond acceptors (Lipinski definition) is 4. The van der Waals surface area contributed by atoms with Gasteiger partial charge >= 0.3 is 0 Å². The molecule has 2 N–H and O–H groups in total. The zero-order valence-corrected chi connectivity index (χ0v) is 18.3. The number of rotatable bonds is 6. The summed E-state index contributed by atoms with van der Waals surface area (Å²) in [6.45, 7) is 3.86. The Hall–Kier alpha value is -2.78. The lowest BCUT2D eigenvalue weighted by atomic mass is 10.1. The first-order valence-corrected chi connectivity index (χ1v) is 11.6. The van der Waals surface area contributed by atoms with Crippen LogP contribution in [0.2, 0.25) is 0 Å². The van der Waals surface area contributed by atoms with Crippen molar-refractivity contribution in [2.45, 2.75) is 44.0 Å². The predicted octanol–water partition coefficient (Wildman–Crippen LogP) is 3.45. The summed E-state index contributed by atoms with van der Waals surface area (Å²) in [5.41, 5.74) is 1.41. The second-order valence-corrected chi connectivity index (χ2v) is 9.52. The van der Waals surface area contributed by atoms with Gasteiger partial charge in [-0.2, -0.15) is 4.31 Å². The van der Waals surface area contributed by atoms with E-state index in [0.29, 0.717) is 18.8 Å². The van der Waals surface area contributed by atoms with Gasteiger partial charge in [0.1, 0.15) is 10.7 Å². The highest BCUT2D eigenvalue weighted by Gasteiger charge is 2.29. The summed E-state index contributed by atoms with van der Waals surface area (Å²) < 4.78 is 41.4. The van der Waals surface area contributed by atoms with E-state index in [1.165, 1.54) is 17.3 Å². The van der Waals surface area contributed by atoms with E-state index in [9.17, 15) is 22.4 Å². The van der Waals surface area contributed by atoms with Gasteiger partial charge in [-0.05, 0) is 55.7 Å². The molecular formula is C22H26FN3O4S. The number of anilines is 1. The number of halogens is 1. The van der Waals surface area contributed by atoms with Crippen LogP contribution in [-0.2, 0) is 14.8 Å². The number of piperidine rings is 1. The lowest BCUT2D eigenvalue weighted by molar-refractivity contribution is -0.114. The quantitative estimate of drug-likeness (QED) is 0.709. The van der Waals surface area contributed by atoms with Gasteiger partial charge in [0.15, 0.2) is 0 Å². The first-order chi connectivity index (χ1) is 14.7. The molecule has 3 rings (SSSR count). The molecule has 0 saturated carbocycles. The summed E-state index contributed by atoms with van der Waals surface area (Å²) >= 11 is 0. The Morgan fingerprint density at radius 3 is 2.45 bits per heavy atom. The van der Waals surface area contributed by atoms with Crippen LogP contribution in [0.4, 0.5) is 10.1 Å². The van der Waals surface area contributed by atoms with Crippen LogP contribution in [0.25, 0.3) is 0 Å². The molecule has 31 heavy (non-hydrogen) atoms. The van der Waals surface area contributed by atoms with Crippen LogP contribution >= 0.6 is 0 Å². The molecule has 1 heterocycles. The minimum atomic E-state index is -4.01. The molecule has 2 aromatic carbocycles. The largest absolute Gasteiger partial charge is 0.346 e. The van der Waals surface area contributed by atoms with E-state index >= 15 is 0 Å². The molecule has 1 atom stereocenters. The van der Waals surface area contributed by atoms with Gasteiger partial charge in [0, 0.05) is 31.3 Å². The summed E-state index contributed by atoms with van der Waals surface area (Å²) in [6, 6.07) is 9.97. The minimum Gasteiger partial charge on any atom is -0.346 e. The Kier molecular flexibility index (Phi) is 7.07. The van der Waals surface area contributed by atoms with Crippen molar-refractivity contribution >= 4 is 27.5 Å². The molecule has 1 unspecified atom stereocenters. The summed E-state index contributed by atoms with van der Waals surface area (Å²) in [4.78, 5) is 23.5. The van der Waals surface area contributed by atoms with Crippen LogP contribution in [0, 0.1) is 5.82 Å². The number of nitrogens with one attached hydrogen (secondary N) is 2. The number of benzene rings is 2. The number of nitrogens with zero attached hydrogens (tertiary/aromatic N) is 1. The Bertz CT molecular complexity index is 1080. The first kappa shape index (κ1) is 22.9. The van der Waals surface area contributed by atoms with Crippen molar-refractivity contribution in [2.75, 3.05) is 18.4 Å². The minimum absolute atomic E-state index is 0.0573. The molecule has 0 radical (unpaired) electrons. The van der Waals surface area contributed by atoms with Gasteiger partial charge < -0.3 is 10.6 Å². The topological polar surface area (TPSA) is 95.6 Å². The van der Waals surface area contributed by atoms with Crippen molar-refractivity contribution in [3.05, 3.63) is 59.4 Å². The molecule has 0 spiro atoms. The average Bonchev–Trinajstić information content (AvgIpc) is 2.74. The number of amides is 2. The van der Waals surface area contributed by atoms with Crippen LogP contribution < -0.4 is 10.6 Å².